The van der Waals surface area contributed by atoms with Crippen LogP contribution in [0, 0.1) is 6.92 Å². The molecule has 3 aromatic rings. The van der Waals surface area contributed by atoms with E-state index < -0.39 is 0 Å². The van der Waals surface area contributed by atoms with Gasteiger partial charge in [-0.25, -0.2) is 9.97 Å². The molecule has 0 saturated carbocycles. The summed E-state index contributed by atoms with van der Waals surface area (Å²) in [4.78, 5) is 20.9. The van der Waals surface area contributed by atoms with Crippen LogP contribution in [0.1, 0.15) is 21.7 Å². The van der Waals surface area contributed by atoms with Crippen LogP contribution in [0.3, 0.4) is 0 Å². The van der Waals surface area contributed by atoms with E-state index in [-0.39, 0.29) is 5.91 Å². The molecule has 4 nitrogen and oxygen atoms in total. The summed E-state index contributed by atoms with van der Waals surface area (Å²) in [6, 6.07) is 7.57. The maximum atomic E-state index is 12.2. The summed E-state index contributed by atoms with van der Waals surface area (Å²) in [6.45, 7) is 2.55. The highest BCUT2D eigenvalue weighted by molar-refractivity contribution is 7.13. The van der Waals surface area contributed by atoms with Crippen molar-refractivity contribution in [2.24, 2.45) is 0 Å². The van der Waals surface area contributed by atoms with E-state index in [4.69, 9.17) is 0 Å². The highest BCUT2D eigenvalue weighted by Gasteiger charge is 2.08. The van der Waals surface area contributed by atoms with Crippen molar-refractivity contribution in [3.8, 4) is 10.6 Å². The van der Waals surface area contributed by atoms with Crippen molar-refractivity contribution in [3.63, 3.8) is 0 Å². The molecule has 0 aliphatic heterocycles. The van der Waals surface area contributed by atoms with Crippen LogP contribution in [-0.2, 0) is 6.42 Å². The minimum Gasteiger partial charge on any atom is -0.352 e. The van der Waals surface area contributed by atoms with Crippen LogP contribution in [0.4, 0.5) is 0 Å². The Hall–Kier alpha value is -2.05. The molecule has 112 valence electrons. The maximum Gasteiger partial charge on any atom is 0.251 e. The van der Waals surface area contributed by atoms with E-state index in [1.54, 1.807) is 28.2 Å². The predicted octanol–water partition coefficient (Wildman–Crippen LogP) is 3.55. The van der Waals surface area contributed by atoms with Crippen LogP contribution in [0.15, 0.2) is 40.5 Å². The summed E-state index contributed by atoms with van der Waals surface area (Å²) in [5.74, 6) is -0.0645. The quantitative estimate of drug-likeness (QED) is 0.779. The summed E-state index contributed by atoms with van der Waals surface area (Å²) >= 11 is 3.16. The first-order valence-electron chi connectivity index (χ1n) is 6.90. The summed E-state index contributed by atoms with van der Waals surface area (Å²) in [6.07, 6.45) is 0.751. The molecule has 1 aromatic carbocycles. The van der Waals surface area contributed by atoms with Crippen molar-refractivity contribution in [1.29, 1.82) is 0 Å². The van der Waals surface area contributed by atoms with Gasteiger partial charge in [0.15, 0.2) is 0 Å². The van der Waals surface area contributed by atoms with Crippen molar-refractivity contribution in [3.05, 3.63) is 57.5 Å². The molecule has 1 N–H and O–H groups in total. The number of hydrogen-bond acceptors (Lipinski definition) is 5. The first kappa shape index (κ1) is 14.9. The van der Waals surface area contributed by atoms with Gasteiger partial charge in [-0.15, -0.1) is 22.7 Å². The molecule has 0 aliphatic carbocycles. The molecule has 0 fully saturated rings. The van der Waals surface area contributed by atoms with Gasteiger partial charge in [-0.05, 0) is 19.1 Å². The number of carbonyl (C=O) groups excluding carboxylic acids is 1. The summed E-state index contributed by atoms with van der Waals surface area (Å²) in [5, 5.41) is 7.88. The molecule has 0 aliphatic rings. The fraction of sp³-hybridized carbons (Fsp3) is 0.188. The number of rotatable bonds is 5. The zero-order valence-electron chi connectivity index (χ0n) is 12.1. The van der Waals surface area contributed by atoms with E-state index in [1.165, 1.54) is 0 Å². The van der Waals surface area contributed by atoms with Gasteiger partial charge >= 0.3 is 0 Å². The van der Waals surface area contributed by atoms with Crippen molar-refractivity contribution < 1.29 is 4.79 Å². The molecule has 2 heterocycles. The molecule has 3 rings (SSSR count). The monoisotopic (exact) mass is 329 g/mol. The average molecular weight is 329 g/mol. The van der Waals surface area contributed by atoms with Gasteiger partial charge in [0.2, 0.25) is 0 Å². The van der Waals surface area contributed by atoms with Gasteiger partial charge in [0.05, 0.1) is 11.2 Å². The lowest BCUT2D eigenvalue weighted by molar-refractivity contribution is 0.0954. The lowest BCUT2D eigenvalue weighted by atomic mass is 10.1. The second kappa shape index (κ2) is 6.81. The third-order valence-corrected chi connectivity index (χ3v) is 4.79. The topological polar surface area (TPSA) is 54.9 Å². The average Bonchev–Trinajstić information content (AvgIpc) is 3.19. The maximum absolute atomic E-state index is 12.2. The molecule has 6 heteroatoms. The third-order valence-electron chi connectivity index (χ3n) is 3.14. The fourth-order valence-corrected chi connectivity index (χ4v) is 3.43. The first-order chi connectivity index (χ1) is 10.7. The number of nitrogens with zero attached hydrogens (tertiary/aromatic N) is 2. The number of benzene rings is 1. The SMILES string of the molecule is Cc1csc(-c2cccc(C(=O)NCCc3cscn3)c2)n1. The number of hydrogen-bond donors (Lipinski definition) is 1. The molecular formula is C16H15N3OS2. The van der Waals surface area contributed by atoms with E-state index in [1.807, 2.05) is 41.9 Å². The van der Waals surface area contributed by atoms with Crippen molar-refractivity contribution in [1.82, 2.24) is 15.3 Å². The summed E-state index contributed by atoms with van der Waals surface area (Å²) in [7, 11) is 0. The third kappa shape index (κ3) is 3.58. The molecule has 0 radical (unpaired) electrons. The zero-order chi connectivity index (χ0) is 15.4. The summed E-state index contributed by atoms with van der Waals surface area (Å²) in [5.41, 5.74) is 5.45. The van der Waals surface area contributed by atoms with Crippen LogP contribution >= 0.6 is 22.7 Å². The molecule has 0 spiro atoms. The summed E-state index contributed by atoms with van der Waals surface area (Å²) < 4.78 is 0. The van der Waals surface area contributed by atoms with Crippen molar-refractivity contribution >= 4 is 28.6 Å². The Kier molecular flexibility index (Phi) is 4.60. The number of carbonyl (C=O) groups is 1. The van der Waals surface area contributed by atoms with Crippen LogP contribution in [0.5, 0.6) is 0 Å². The van der Waals surface area contributed by atoms with Crippen molar-refractivity contribution in [2.75, 3.05) is 6.54 Å². The van der Waals surface area contributed by atoms with E-state index in [9.17, 15) is 4.79 Å². The van der Waals surface area contributed by atoms with Gasteiger partial charge in [0, 0.05) is 40.5 Å². The molecule has 1 amide bonds. The molecule has 0 bridgehead atoms. The lowest BCUT2D eigenvalue weighted by Crippen LogP contribution is -2.25. The number of aromatic nitrogens is 2. The minimum absolute atomic E-state index is 0.0645. The van der Waals surface area contributed by atoms with Crippen molar-refractivity contribution in [2.45, 2.75) is 13.3 Å². The van der Waals surface area contributed by atoms with E-state index in [2.05, 4.69) is 15.3 Å². The van der Waals surface area contributed by atoms with Gasteiger partial charge in [-0.2, -0.15) is 0 Å². The molecular weight excluding hydrogens is 314 g/mol. The molecule has 0 saturated heterocycles. The molecule has 0 unspecified atom stereocenters. The normalized spacial score (nSPS) is 10.6. The Morgan fingerprint density at radius 2 is 2.23 bits per heavy atom. The van der Waals surface area contributed by atoms with Crippen LogP contribution in [-0.4, -0.2) is 22.4 Å². The number of nitrogens with one attached hydrogen (secondary N) is 1. The zero-order valence-corrected chi connectivity index (χ0v) is 13.7. The molecule has 2 aromatic heterocycles. The first-order valence-corrected chi connectivity index (χ1v) is 8.72. The Labute approximate surface area is 136 Å². The Balaban J connectivity index is 1.65. The Morgan fingerprint density at radius 3 is 2.95 bits per heavy atom. The van der Waals surface area contributed by atoms with Crippen LogP contribution < -0.4 is 5.32 Å². The Morgan fingerprint density at radius 1 is 1.32 bits per heavy atom. The number of amides is 1. The predicted molar refractivity (Wildman–Crippen MR) is 90.4 cm³/mol. The van der Waals surface area contributed by atoms with Crippen LogP contribution in [0.25, 0.3) is 10.6 Å². The van der Waals surface area contributed by atoms with Gasteiger partial charge in [-0.3, -0.25) is 4.79 Å². The van der Waals surface area contributed by atoms with Gasteiger partial charge in [0.1, 0.15) is 5.01 Å². The standard InChI is InChI=1S/C16H15N3OS2/c1-11-8-22-16(19-11)13-4-2-3-12(7-13)15(20)17-6-5-14-9-21-10-18-14/h2-4,7-10H,5-6H2,1H3,(H,17,20). The van der Waals surface area contributed by atoms with Gasteiger partial charge in [0.25, 0.3) is 5.91 Å². The number of thiazole rings is 2. The van der Waals surface area contributed by atoms with Gasteiger partial charge < -0.3 is 5.32 Å². The second-order valence-electron chi connectivity index (χ2n) is 4.86. The largest absolute Gasteiger partial charge is 0.352 e. The smallest absolute Gasteiger partial charge is 0.251 e. The van der Waals surface area contributed by atoms with Gasteiger partial charge in [-0.1, -0.05) is 12.1 Å². The number of aryl methyl sites for hydroxylation is 1. The minimum atomic E-state index is -0.0645. The molecule has 22 heavy (non-hydrogen) atoms. The fourth-order valence-electron chi connectivity index (χ4n) is 2.05. The van der Waals surface area contributed by atoms with Crippen LogP contribution in [0.2, 0.25) is 0 Å². The van der Waals surface area contributed by atoms with E-state index in [0.717, 1.165) is 28.4 Å². The highest BCUT2D eigenvalue weighted by atomic mass is 32.1. The molecule has 0 atom stereocenters. The second-order valence-corrected chi connectivity index (χ2v) is 6.44. The van der Waals surface area contributed by atoms with E-state index >= 15 is 0 Å². The lowest BCUT2D eigenvalue weighted by Gasteiger charge is -2.05. The Bertz CT molecular complexity index is 765. The highest BCUT2D eigenvalue weighted by Crippen LogP contribution is 2.24. The van der Waals surface area contributed by atoms with E-state index in [0.29, 0.717) is 12.1 Å².